The van der Waals surface area contributed by atoms with Gasteiger partial charge in [0.1, 0.15) is 5.69 Å². The summed E-state index contributed by atoms with van der Waals surface area (Å²) in [6.45, 7) is 1.35. The van der Waals surface area contributed by atoms with E-state index in [4.69, 9.17) is 11.6 Å². The van der Waals surface area contributed by atoms with Gasteiger partial charge in [0.15, 0.2) is 5.69 Å². The number of amides is 1. The molecule has 0 saturated heterocycles. The first-order valence-electron chi connectivity index (χ1n) is 4.93. The molecule has 0 spiro atoms. The van der Waals surface area contributed by atoms with E-state index in [1.807, 2.05) is 0 Å². The van der Waals surface area contributed by atoms with Crippen molar-refractivity contribution < 1.29 is 18.0 Å². The monoisotopic (exact) mass is 293 g/mol. The number of nitrogens with zero attached hydrogens (tertiary/aromatic N) is 2. The number of hydrogen-bond acceptors (Lipinski definition) is 3. The number of rotatable bonds is 2. The maximum absolute atomic E-state index is 12.7. The summed E-state index contributed by atoms with van der Waals surface area (Å²) in [5.74, 6) is -0.836. The third kappa shape index (κ3) is 2.55. The molecule has 0 saturated carbocycles. The number of nitrogens with one attached hydrogen (secondary N) is 3. The highest BCUT2D eigenvalue weighted by molar-refractivity contribution is 6.34. The van der Waals surface area contributed by atoms with E-state index in [2.05, 4.69) is 25.7 Å². The average Bonchev–Trinajstić information content (AvgIpc) is 2.85. The maximum Gasteiger partial charge on any atom is 0.437 e. The molecule has 3 N–H and O–H groups in total. The van der Waals surface area contributed by atoms with Crippen molar-refractivity contribution in [2.24, 2.45) is 0 Å². The largest absolute Gasteiger partial charge is 0.437 e. The highest BCUT2D eigenvalue weighted by Gasteiger charge is 2.38. The molecule has 2 aromatic heterocycles. The van der Waals surface area contributed by atoms with Crippen molar-refractivity contribution in [3.8, 4) is 0 Å². The number of hydrogen-bond donors (Lipinski definition) is 3. The third-order valence-electron chi connectivity index (χ3n) is 2.27. The average molecular weight is 294 g/mol. The first-order chi connectivity index (χ1) is 8.80. The molecule has 19 heavy (non-hydrogen) atoms. The van der Waals surface area contributed by atoms with Crippen LogP contribution in [0.1, 0.15) is 21.9 Å². The van der Waals surface area contributed by atoms with E-state index in [9.17, 15) is 18.0 Å². The Kier molecular flexibility index (Phi) is 3.23. The Morgan fingerprint density at radius 3 is 2.63 bits per heavy atom. The highest BCUT2D eigenvalue weighted by atomic mass is 35.5. The zero-order chi connectivity index (χ0) is 14.2. The van der Waals surface area contributed by atoms with Crippen molar-refractivity contribution >= 4 is 23.2 Å². The molecule has 1 amide bonds. The van der Waals surface area contributed by atoms with Crippen molar-refractivity contribution in [2.45, 2.75) is 13.1 Å². The van der Waals surface area contributed by atoms with Gasteiger partial charge in [-0.3, -0.25) is 15.0 Å². The van der Waals surface area contributed by atoms with E-state index < -0.39 is 23.5 Å². The van der Waals surface area contributed by atoms with Gasteiger partial charge < -0.3 is 5.32 Å². The molecule has 0 unspecified atom stereocenters. The van der Waals surface area contributed by atoms with Gasteiger partial charge in [0.2, 0.25) is 0 Å². The van der Waals surface area contributed by atoms with Crippen molar-refractivity contribution in [3.63, 3.8) is 0 Å². The molecule has 0 radical (unpaired) electrons. The summed E-state index contributed by atoms with van der Waals surface area (Å²) < 4.78 is 38.0. The Bertz CT molecular complexity index is 618. The molecule has 2 rings (SSSR count). The van der Waals surface area contributed by atoms with Crippen LogP contribution in [-0.2, 0) is 6.18 Å². The second kappa shape index (κ2) is 4.57. The van der Waals surface area contributed by atoms with Gasteiger partial charge in [0.05, 0.1) is 22.6 Å². The van der Waals surface area contributed by atoms with Gasteiger partial charge in [-0.15, -0.1) is 0 Å². The fraction of sp³-hybridized carbons (Fsp3) is 0.222. The van der Waals surface area contributed by atoms with Crippen LogP contribution in [0, 0.1) is 6.92 Å². The zero-order valence-corrected chi connectivity index (χ0v) is 10.1. The third-order valence-corrected chi connectivity index (χ3v) is 2.56. The highest BCUT2D eigenvalue weighted by Crippen LogP contribution is 2.34. The first-order valence-corrected chi connectivity index (χ1v) is 5.31. The van der Waals surface area contributed by atoms with Crippen molar-refractivity contribution in [1.82, 2.24) is 20.4 Å². The van der Waals surface area contributed by atoms with Gasteiger partial charge in [-0.05, 0) is 6.92 Å². The van der Waals surface area contributed by atoms with Crippen LogP contribution in [0.5, 0.6) is 0 Å². The van der Waals surface area contributed by atoms with Gasteiger partial charge in [0, 0.05) is 0 Å². The standard InChI is InChI=1S/C9H7ClF3N5O/c1-3-5(7(18-16-3)9(11,12)13)15-8(19)6-4(10)2-14-17-6/h2H,1H3,(H,14,17)(H,15,19)(H,16,18). The minimum absolute atomic E-state index is 0.00667. The summed E-state index contributed by atoms with van der Waals surface area (Å²) in [6, 6.07) is 0. The van der Waals surface area contributed by atoms with Crippen molar-refractivity contribution in [3.05, 3.63) is 28.3 Å². The van der Waals surface area contributed by atoms with E-state index >= 15 is 0 Å². The van der Waals surface area contributed by atoms with E-state index in [1.54, 1.807) is 0 Å². The zero-order valence-electron chi connectivity index (χ0n) is 9.39. The molecule has 6 nitrogen and oxygen atoms in total. The number of alkyl halides is 3. The molecule has 0 aliphatic rings. The number of anilines is 1. The minimum atomic E-state index is -4.68. The smallest absolute Gasteiger partial charge is 0.317 e. The van der Waals surface area contributed by atoms with E-state index in [0.29, 0.717) is 0 Å². The maximum atomic E-state index is 12.7. The number of aryl methyl sites for hydroxylation is 1. The lowest BCUT2D eigenvalue weighted by molar-refractivity contribution is -0.140. The van der Waals surface area contributed by atoms with Crippen LogP contribution in [-0.4, -0.2) is 26.3 Å². The van der Waals surface area contributed by atoms with E-state index in [-0.39, 0.29) is 16.4 Å². The van der Waals surface area contributed by atoms with E-state index in [1.165, 1.54) is 13.1 Å². The molecular weight excluding hydrogens is 287 g/mol. The summed E-state index contributed by atoms with van der Waals surface area (Å²) >= 11 is 5.64. The molecule has 0 fully saturated rings. The lowest BCUT2D eigenvalue weighted by Gasteiger charge is -2.08. The van der Waals surface area contributed by atoms with Gasteiger partial charge in [-0.25, -0.2) is 0 Å². The normalized spacial score (nSPS) is 11.6. The SMILES string of the molecule is Cc1[nH]nc(C(F)(F)F)c1NC(=O)c1[nH]ncc1Cl. The summed E-state index contributed by atoms with van der Waals surface area (Å²) in [6.07, 6.45) is -3.51. The van der Waals surface area contributed by atoms with Crippen molar-refractivity contribution in [1.29, 1.82) is 0 Å². The number of halogens is 4. The molecule has 0 bridgehead atoms. The number of aromatic nitrogens is 4. The lowest BCUT2D eigenvalue weighted by Crippen LogP contribution is -2.17. The fourth-order valence-corrected chi connectivity index (χ4v) is 1.57. The summed E-state index contributed by atoms with van der Waals surface area (Å²) in [5.41, 5.74) is -1.69. The van der Waals surface area contributed by atoms with Crippen LogP contribution in [0.25, 0.3) is 0 Å². The second-order valence-electron chi connectivity index (χ2n) is 3.62. The Labute approximate surface area is 109 Å². The van der Waals surface area contributed by atoms with Gasteiger partial charge >= 0.3 is 6.18 Å². The molecule has 2 heterocycles. The topological polar surface area (TPSA) is 86.5 Å². The van der Waals surface area contributed by atoms with Crippen LogP contribution < -0.4 is 5.32 Å². The Morgan fingerprint density at radius 1 is 1.42 bits per heavy atom. The molecule has 10 heteroatoms. The predicted molar refractivity (Wildman–Crippen MR) is 59.9 cm³/mol. The number of carbonyl (C=O) groups excluding carboxylic acids is 1. The molecule has 0 aliphatic heterocycles. The Hall–Kier alpha value is -2.03. The van der Waals surface area contributed by atoms with Crippen LogP contribution in [0.2, 0.25) is 5.02 Å². The molecule has 0 aliphatic carbocycles. The van der Waals surface area contributed by atoms with Gasteiger partial charge in [-0.2, -0.15) is 23.4 Å². The second-order valence-corrected chi connectivity index (χ2v) is 4.02. The summed E-state index contributed by atoms with van der Waals surface area (Å²) in [4.78, 5) is 11.7. The Balaban J connectivity index is 2.32. The Morgan fingerprint density at radius 2 is 2.11 bits per heavy atom. The van der Waals surface area contributed by atoms with E-state index in [0.717, 1.165) is 0 Å². The van der Waals surface area contributed by atoms with Gasteiger partial charge in [0.25, 0.3) is 5.91 Å². The molecule has 2 aromatic rings. The predicted octanol–water partition coefficient (Wildman–Crippen LogP) is 2.37. The number of aromatic amines is 2. The first kappa shape index (κ1) is 13.4. The van der Waals surface area contributed by atoms with Gasteiger partial charge in [-0.1, -0.05) is 11.6 Å². The van der Waals surface area contributed by atoms with Crippen molar-refractivity contribution in [2.75, 3.05) is 5.32 Å². The van der Waals surface area contributed by atoms with Crippen LogP contribution in [0.3, 0.4) is 0 Å². The number of carbonyl (C=O) groups is 1. The molecule has 0 atom stereocenters. The summed E-state index contributed by atoms with van der Waals surface area (Å²) in [7, 11) is 0. The molecule has 0 aromatic carbocycles. The molecular formula is C9H7ClF3N5O. The summed E-state index contributed by atoms with van der Waals surface area (Å²) in [5, 5.41) is 13.2. The van der Waals surface area contributed by atoms with Crippen LogP contribution in [0.15, 0.2) is 6.20 Å². The quantitative estimate of drug-likeness (QED) is 0.794. The number of H-pyrrole nitrogens is 2. The molecule has 102 valence electrons. The fourth-order valence-electron chi connectivity index (χ4n) is 1.39. The lowest BCUT2D eigenvalue weighted by atomic mass is 10.2. The minimum Gasteiger partial charge on any atom is -0.317 e. The van der Waals surface area contributed by atoms with Crippen LogP contribution in [0.4, 0.5) is 18.9 Å². The van der Waals surface area contributed by atoms with Crippen LogP contribution >= 0.6 is 11.6 Å².